The van der Waals surface area contributed by atoms with Crippen molar-refractivity contribution in [2.75, 3.05) is 7.11 Å². The Morgan fingerprint density at radius 2 is 2.05 bits per heavy atom. The van der Waals surface area contributed by atoms with Gasteiger partial charge in [0.15, 0.2) is 0 Å². The largest absolute Gasteiger partial charge is 0.497 e. The maximum absolute atomic E-state index is 13.8. The van der Waals surface area contributed by atoms with E-state index in [4.69, 9.17) is 10.6 Å². The molecule has 2 aromatic carbocycles. The summed E-state index contributed by atoms with van der Waals surface area (Å²) < 4.78 is 20.0. The van der Waals surface area contributed by atoms with Crippen LogP contribution in [0, 0.1) is 5.82 Å². The van der Waals surface area contributed by atoms with Crippen LogP contribution >= 0.6 is 15.9 Å². The number of nitrogens with two attached hydrogens (primary N) is 1. The normalized spacial score (nSPS) is 12.2. The Bertz CT molecular complexity index is 592. The van der Waals surface area contributed by atoms with Gasteiger partial charge in [-0.2, -0.15) is 0 Å². The number of hydrazine groups is 1. The first-order chi connectivity index (χ1) is 9.65. The highest BCUT2D eigenvalue weighted by atomic mass is 79.9. The first-order valence-corrected chi connectivity index (χ1v) is 6.98. The van der Waals surface area contributed by atoms with Gasteiger partial charge in [-0.25, -0.2) is 4.39 Å². The van der Waals surface area contributed by atoms with E-state index in [-0.39, 0.29) is 11.9 Å². The van der Waals surface area contributed by atoms with Crippen molar-refractivity contribution in [3.05, 3.63) is 63.9 Å². The minimum absolute atomic E-state index is 0.269. The molecule has 0 aromatic heterocycles. The lowest BCUT2D eigenvalue weighted by Crippen LogP contribution is -2.30. The molecular formula is C15H16BrFN2O. The van der Waals surface area contributed by atoms with Crippen LogP contribution < -0.4 is 16.0 Å². The zero-order valence-electron chi connectivity index (χ0n) is 11.1. The van der Waals surface area contributed by atoms with Crippen molar-refractivity contribution in [1.29, 1.82) is 0 Å². The molecule has 3 N–H and O–H groups in total. The lowest BCUT2D eigenvalue weighted by atomic mass is 9.99. The molecule has 0 aliphatic rings. The summed E-state index contributed by atoms with van der Waals surface area (Å²) in [5.41, 5.74) is 4.21. The smallest absolute Gasteiger partial charge is 0.128 e. The maximum atomic E-state index is 13.8. The van der Waals surface area contributed by atoms with E-state index >= 15 is 0 Å². The summed E-state index contributed by atoms with van der Waals surface area (Å²) in [5.74, 6) is 6.07. The van der Waals surface area contributed by atoms with Gasteiger partial charge in [0.1, 0.15) is 11.6 Å². The molecular weight excluding hydrogens is 323 g/mol. The molecule has 0 aliphatic carbocycles. The van der Waals surface area contributed by atoms with E-state index < -0.39 is 0 Å². The molecule has 5 heteroatoms. The maximum Gasteiger partial charge on any atom is 0.128 e. The zero-order chi connectivity index (χ0) is 14.5. The number of methoxy groups -OCH3 is 1. The topological polar surface area (TPSA) is 47.3 Å². The second-order valence-corrected chi connectivity index (χ2v) is 5.26. The van der Waals surface area contributed by atoms with Crippen LogP contribution in [-0.4, -0.2) is 7.11 Å². The predicted octanol–water partition coefficient (Wildman–Crippen LogP) is 3.34. The molecule has 0 spiro atoms. The molecule has 0 fully saturated rings. The van der Waals surface area contributed by atoms with E-state index in [0.717, 1.165) is 15.8 Å². The number of nitrogens with one attached hydrogen (secondary N) is 1. The average molecular weight is 339 g/mol. The minimum atomic E-state index is -0.306. The average Bonchev–Trinajstić information content (AvgIpc) is 2.47. The molecule has 0 saturated carbocycles. The number of ether oxygens (including phenoxy) is 1. The summed E-state index contributed by atoms with van der Waals surface area (Å²) >= 11 is 3.49. The first-order valence-electron chi connectivity index (χ1n) is 6.18. The van der Waals surface area contributed by atoms with E-state index in [9.17, 15) is 4.39 Å². The molecule has 0 heterocycles. The van der Waals surface area contributed by atoms with Gasteiger partial charge < -0.3 is 4.74 Å². The monoisotopic (exact) mass is 338 g/mol. The third kappa shape index (κ3) is 3.36. The minimum Gasteiger partial charge on any atom is -0.497 e. The van der Waals surface area contributed by atoms with Crippen molar-refractivity contribution >= 4 is 15.9 Å². The molecule has 0 amide bonds. The summed E-state index contributed by atoms with van der Waals surface area (Å²) in [5, 5.41) is 0. The summed E-state index contributed by atoms with van der Waals surface area (Å²) in [4.78, 5) is 0. The van der Waals surface area contributed by atoms with E-state index in [0.29, 0.717) is 12.0 Å². The highest BCUT2D eigenvalue weighted by Crippen LogP contribution is 2.28. The Balaban J connectivity index is 2.29. The lowest BCUT2D eigenvalue weighted by Gasteiger charge is -2.18. The molecule has 2 rings (SSSR count). The Morgan fingerprint density at radius 3 is 2.70 bits per heavy atom. The number of hydrogen-bond donors (Lipinski definition) is 2. The Labute approximate surface area is 126 Å². The molecule has 1 unspecified atom stereocenters. The van der Waals surface area contributed by atoms with Gasteiger partial charge in [-0.3, -0.25) is 11.3 Å². The fourth-order valence-corrected chi connectivity index (χ4v) is 2.48. The van der Waals surface area contributed by atoms with Crippen LogP contribution in [0.5, 0.6) is 5.75 Å². The number of halogens is 2. The van der Waals surface area contributed by atoms with E-state index in [1.54, 1.807) is 25.3 Å². The van der Waals surface area contributed by atoms with Crippen molar-refractivity contribution in [3.8, 4) is 5.75 Å². The zero-order valence-corrected chi connectivity index (χ0v) is 12.7. The van der Waals surface area contributed by atoms with Crippen molar-refractivity contribution in [1.82, 2.24) is 5.43 Å². The van der Waals surface area contributed by atoms with Gasteiger partial charge in [0.25, 0.3) is 0 Å². The summed E-state index contributed by atoms with van der Waals surface area (Å²) in [7, 11) is 1.61. The first kappa shape index (κ1) is 15.0. The third-order valence-corrected chi connectivity index (χ3v) is 3.93. The Kier molecular flexibility index (Phi) is 5.11. The second kappa shape index (κ2) is 6.83. The van der Waals surface area contributed by atoms with Crippen molar-refractivity contribution in [2.24, 2.45) is 5.84 Å². The van der Waals surface area contributed by atoms with Gasteiger partial charge in [0.05, 0.1) is 13.2 Å². The molecule has 0 radical (unpaired) electrons. The number of hydrogen-bond acceptors (Lipinski definition) is 3. The van der Waals surface area contributed by atoms with Crippen LogP contribution in [0.15, 0.2) is 46.9 Å². The lowest BCUT2D eigenvalue weighted by molar-refractivity contribution is 0.413. The van der Waals surface area contributed by atoms with E-state index in [1.807, 2.05) is 18.2 Å². The van der Waals surface area contributed by atoms with Gasteiger partial charge in [-0.05, 0) is 36.2 Å². The van der Waals surface area contributed by atoms with E-state index in [2.05, 4.69) is 21.4 Å². The summed E-state index contributed by atoms with van der Waals surface area (Å²) in [6.45, 7) is 0. The third-order valence-electron chi connectivity index (χ3n) is 3.16. The van der Waals surface area contributed by atoms with Crippen molar-refractivity contribution in [2.45, 2.75) is 12.5 Å². The van der Waals surface area contributed by atoms with E-state index in [1.165, 1.54) is 6.07 Å². The molecule has 2 aromatic rings. The van der Waals surface area contributed by atoms with Gasteiger partial charge in [-0.15, -0.1) is 0 Å². The SMILES string of the molecule is COc1ccc(Br)c(CC(NN)c2ccccc2F)c1. The number of rotatable bonds is 5. The Hall–Kier alpha value is -1.43. The van der Waals surface area contributed by atoms with Gasteiger partial charge in [0, 0.05) is 10.0 Å². The highest BCUT2D eigenvalue weighted by Gasteiger charge is 2.16. The standard InChI is InChI=1S/C15H16BrFN2O/c1-20-11-6-7-13(16)10(8-11)9-15(19-18)12-4-2-3-5-14(12)17/h2-8,15,19H,9,18H2,1H3. The molecule has 106 valence electrons. The Morgan fingerprint density at radius 1 is 1.30 bits per heavy atom. The molecule has 0 aliphatic heterocycles. The van der Waals surface area contributed by atoms with Gasteiger partial charge in [-0.1, -0.05) is 34.1 Å². The molecule has 0 saturated heterocycles. The fraction of sp³-hybridized carbons (Fsp3) is 0.200. The van der Waals surface area contributed by atoms with Crippen LogP contribution in [0.4, 0.5) is 4.39 Å². The summed E-state index contributed by atoms with van der Waals surface area (Å²) in [6.07, 6.45) is 0.551. The van der Waals surface area contributed by atoms with Gasteiger partial charge in [0.2, 0.25) is 0 Å². The van der Waals surface area contributed by atoms with Crippen LogP contribution in [0.3, 0.4) is 0 Å². The van der Waals surface area contributed by atoms with Crippen LogP contribution in [0.1, 0.15) is 17.2 Å². The van der Waals surface area contributed by atoms with Crippen LogP contribution in [0.2, 0.25) is 0 Å². The summed E-state index contributed by atoms with van der Waals surface area (Å²) in [6, 6.07) is 12.0. The molecule has 20 heavy (non-hydrogen) atoms. The highest BCUT2D eigenvalue weighted by molar-refractivity contribution is 9.10. The fourth-order valence-electron chi connectivity index (χ4n) is 2.07. The molecule has 3 nitrogen and oxygen atoms in total. The predicted molar refractivity (Wildman–Crippen MR) is 80.9 cm³/mol. The second-order valence-electron chi connectivity index (χ2n) is 4.40. The quantitative estimate of drug-likeness (QED) is 0.649. The van der Waals surface area contributed by atoms with Crippen LogP contribution in [-0.2, 0) is 6.42 Å². The molecule has 0 bridgehead atoms. The van der Waals surface area contributed by atoms with Crippen molar-refractivity contribution < 1.29 is 9.13 Å². The van der Waals surface area contributed by atoms with Crippen LogP contribution in [0.25, 0.3) is 0 Å². The number of benzene rings is 2. The molecule has 1 atom stereocenters. The van der Waals surface area contributed by atoms with Crippen molar-refractivity contribution in [3.63, 3.8) is 0 Å². The van der Waals surface area contributed by atoms with Gasteiger partial charge >= 0.3 is 0 Å².